The Bertz CT molecular complexity index is 1130. The number of methoxy groups -OCH3 is 1. The zero-order chi connectivity index (χ0) is 21.6. The van der Waals surface area contributed by atoms with Gasteiger partial charge in [-0.25, -0.2) is 4.98 Å². The van der Waals surface area contributed by atoms with Crippen molar-refractivity contribution in [3.05, 3.63) is 65.2 Å². The van der Waals surface area contributed by atoms with Crippen LogP contribution in [0.3, 0.4) is 0 Å². The van der Waals surface area contributed by atoms with Crippen molar-refractivity contribution in [2.75, 3.05) is 27.1 Å². The SMILES string of the molecule is COc1ccc(-c2cc(=O)n(CCNC(=O)COc3ccc4c(c3)OCO4)cn2)cc1. The molecule has 3 aromatic rings. The number of hydrogen-bond donors (Lipinski definition) is 1. The minimum absolute atomic E-state index is 0.150. The van der Waals surface area contributed by atoms with Crippen LogP contribution >= 0.6 is 0 Å². The van der Waals surface area contributed by atoms with E-state index in [9.17, 15) is 9.59 Å². The number of amides is 1. The Morgan fingerprint density at radius 2 is 1.87 bits per heavy atom. The van der Waals surface area contributed by atoms with Gasteiger partial charge in [-0.1, -0.05) is 0 Å². The van der Waals surface area contributed by atoms with Crippen molar-refractivity contribution in [1.29, 1.82) is 0 Å². The first kappa shape index (κ1) is 20.3. The van der Waals surface area contributed by atoms with E-state index in [0.717, 1.165) is 11.3 Å². The van der Waals surface area contributed by atoms with Crippen molar-refractivity contribution in [1.82, 2.24) is 14.9 Å². The van der Waals surface area contributed by atoms with Crippen LogP contribution in [0.2, 0.25) is 0 Å². The third-order valence-electron chi connectivity index (χ3n) is 4.65. The highest BCUT2D eigenvalue weighted by Gasteiger charge is 2.14. The second-order valence-corrected chi connectivity index (χ2v) is 6.69. The van der Waals surface area contributed by atoms with Gasteiger partial charge in [-0.15, -0.1) is 0 Å². The highest BCUT2D eigenvalue weighted by Crippen LogP contribution is 2.35. The summed E-state index contributed by atoms with van der Waals surface area (Å²) in [6.07, 6.45) is 1.47. The summed E-state index contributed by atoms with van der Waals surface area (Å²) >= 11 is 0. The van der Waals surface area contributed by atoms with Crippen LogP contribution in [-0.2, 0) is 11.3 Å². The van der Waals surface area contributed by atoms with E-state index in [4.69, 9.17) is 18.9 Å². The molecule has 1 aliphatic rings. The topological polar surface area (TPSA) is 101 Å². The van der Waals surface area contributed by atoms with Crippen LogP contribution in [0.5, 0.6) is 23.0 Å². The Morgan fingerprint density at radius 3 is 2.65 bits per heavy atom. The first-order valence-corrected chi connectivity index (χ1v) is 9.62. The summed E-state index contributed by atoms with van der Waals surface area (Å²) in [6.45, 7) is 0.592. The fourth-order valence-electron chi connectivity index (χ4n) is 3.00. The number of rotatable bonds is 8. The summed E-state index contributed by atoms with van der Waals surface area (Å²) in [7, 11) is 1.59. The van der Waals surface area contributed by atoms with Crippen molar-refractivity contribution in [2.45, 2.75) is 6.54 Å². The molecule has 0 spiro atoms. The Morgan fingerprint density at radius 1 is 1.10 bits per heavy atom. The second kappa shape index (κ2) is 9.21. The molecule has 160 valence electrons. The Balaban J connectivity index is 1.26. The molecular formula is C22H21N3O6. The molecule has 0 fully saturated rings. The van der Waals surface area contributed by atoms with Crippen molar-refractivity contribution < 1.29 is 23.7 Å². The first-order chi connectivity index (χ1) is 15.1. The minimum atomic E-state index is -0.298. The summed E-state index contributed by atoms with van der Waals surface area (Å²) in [5, 5.41) is 2.72. The number of carbonyl (C=O) groups is 1. The van der Waals surface area contributed by atoms with Crippen LogP contribution in [0.1, 0.15) is 0 Å². The highest BCUT2D eigenvalue weighted by molar-refractivity contribution is 5.77. The van der Waals surface area contributed by atoms with E-state index in [1.807, 2.05) is 24.3 Å². The lowest BCUT2D eigenvalue weighted by atomic mass is 10.1. The van der Waals surface area contributed by atoms with Crippen molar-refractivity contribution >= 4 is 5.91 Å². The number of nitrogens with one attached hydrogen (secondary N) is 1. The van der Waals surface area contributed by atoms with Gasteiger partial charge >= 0.3 is 0 Å². The van der Waals surface area contributed by atoms with E-state index in [1.54, 1.807) is 25.3 Å². The number of fused-ring (bicyclic) bond motifs is 1. The van der Waals surface area contributed by atoms with Gasteiger partial charge in [0.2, 0.25) is 6.79 Å². The number of aromatic nitrogens is 2. The van der Waals surface area contributed by atoms with Gasteiger partial charge in [0.15, 0.2) is 18.1 Å². The smallest absolute Gasteiger partial charge is 0.258 e. The Hall–Kier alpha value is -4.01. The van der Waals surface area contributed by atoms with Crippen molar-refractivity contribution in [2.24, 2.45) is 0 Å². The molecule has 1 aromatic heterocycles. The van der Waals surface area contributed by atoms with Crippen LogP contribution in [-0.4, -0.2) is 42.5 Å². The van der Waals surface area contributed by atoms with E-state index in [-0.39, 0.29) is 31.4 Å². The van der Waals surface area contributed by atoms with E-state index in [0.29, 0.717) is 29.5 Å². The maximum absolute atomic E-state index is 12.4. The average Bonchev–Trinajstić information content (AvgIpc) is 3.27. The van der Waals surface area contributed by atoms with Gasteiger partial charge in [0.1, 0.15) is 11.5 Å². The molecule has 0 atom stereocenters. The summed E-state index contributed by atoms with van der Waals surface area (Å²) in [5.41, 5.74) is 1.19. The molecule has 1 aliphatic heterocycles. The van der Waals surface area contributed by atoms with Crippen molar-refractivity contribution in [3.8, 4) is 34.3 Å². The quantitative estimate of drug-likeness (QED) is 0.590. The number of ether oxygens (including phenoxy) is 4. The minimum Gasteiger partial charge on any atom is -0.497 e. The molecule has 2 aromatic carbocycles. The van der Waals surface area contributed by atoms with E-state index < -0.39 is 0 Å². The molecule has 1 N–H and O–H groups in total. The standard InChI is InChI=1S/C22H21N3O6/c1-28-16-4-2-15(3-5-16)18-11-22(27)25(13-24-18)9-8-23-21(26)12-29-17-6-7-19-20(10-17)31-14-30-19/h2-7,10-11,13H,8-9,12,14H2,1H3,(H,23,26). The molecule has 0 bridgehead atoms. The van der Waals surface area contributed by atoms with Gasteiger partial charge in [-0.3, -0.25) is 14.2 Å². The van der Waals surface area contributed by atoms with Crippen LogP contribution in [0.25, 0.3) is 11.3 Å². The largest absolute Gasteiger partial charge is 0.497 e. The van der Waals surface area contributed by atoms with Gasteiger partial charge < -0.3 is 24.3 Å². The van der Waals surface area contributed by atoms with Crippen LogP contribution in [0.15, 0.2) is 59.7 Å². The number of hydrogen-bond acceptors (Lipinski definition) is 7. The molecule has 0 radical (unpaired) electrons. The number of nitrogens with zero attached hydrogens (tertiary/aromatic N) is 2. The van der Waals surface area contributed by atoms with E-state index in [1.165, 1.54) is 17.0 Å². The van der Waals surface area contributed by atoms with Gasteiger partial charge in [-0.2, -0.15) is 0 Å². The van der Waals surface area contributed by atoms with E-state index in [2.05, 4.69) is 10.3 Å². The molecule has 9 nitrogen and oxygen atoms in total. The molecule has 9 heteroatoms. The van der Waals surface area contributed by atoms with Gasteiger partial charge in [0.05, 0.1) is 19.1 Å². The Labute approximate surface area is 178 Å². The molecule has 0 saturated carbocycles. The maximum atomic E-state index is 12.4. The van der Waals surface area contributed by atoms with Gasteiger partial charge in [-0.05, 0) is 36.4 Å². The second-order valence-electron chi connectivity index (χ2n) is 6.69. The summed E-state index contributed by atoms with van der Waals surface area (Å²) in [6, 6.07) is 13.9. The van der Waals surface area contributed by atoms with Gasteiger partial charge in [0, 0.05) is 30.8 Å². The fourth-order valence-corrected chi connectivity index (χ4v) is 3.00. The molecule has 0 saturated heterocycles. The Kier molecular flexibility index (Phi) is 6.02. The molecule has 0 aliphatic carbocycles. The molecule has 1 amide bonds. The third-order valence-corrected chi connectivity index (χ3v) is 4.65. The van der Waals surface area contributed by atoms with Crippen molar-refractivity contribution in [3.63, 3.8) is 0 Å². The normalized spacial score (nSPS) is 11.8. The highest BCUT2D eigenvalue weighted by atomic mass is 16.7. The van der Waals surface area contributed by atoms with Crippen LogP contribution < -0.4 is 29.8 Å². The van der Waals surface area contributed by atoms with Gasteiger partial charge in [0.25, 0.3) is 11.5 Å². The first-order valence-electron chi connectivity index (χ1n) is 9.62. The summed E-state index contributed by atoms with van der Waals surface area (Å²) < 4.78 is 22.5. The molecule has 31 heavy (non-hydrogen) atoms. The average molecular weight is 423 g/mol. The summed E-state index contributed by atoms with van der Waals surface area (Å²) in [5.74, 6) is 2.18. The molecule has 4 rings (SSSR count). The number of carbonyl (C=O) groups excluding carboxylic acids is 1. The zero-order valence-corrected chi connectivity index (χ0v) is 16.9. The predicted molar refractivity (Wildman–Crippen MR) is 112 cm³/mol. The van der Waals surface area contributed by atoms with Crippen LogP contribution in [0, 0.1) is 0 Å². The number of benzene rings is 2. The summed E-state index contributed by atoms with van der Waals surface area (Å²) in [4.78, 5) is 28.7. The molecule has 2 heterocycles. The lowest BCUT2D eigenvalue weighted by molar-refractivity contribution is -0.123. The third kappa shape index (κ3) is 4.95. The van der Waals surface area contributed by atoms with E-state index >= 15 is 0 Å². The van der Waals surface area contributed by atoms with Crippen LogP contribution in [0.4, 0.5) is 0 Å². The predicted octanol–water partition coefficient (Wildman–Crippen LogP) is 1.84. The maximum Gasteiger partial charge on any atom is 0.258 e. The lowest BCUT2D eigenvalue weighted by Crippen LogP contribution is -2.33. The lowest BCUT2D eigenvalue weighted by Gasteiger charge is -2.10. The molecule has 0 unspecified atom stereocenters. The molecular weight excluding hydrogens is 402 g/mol. The fraction of sp³-hybridized carbons (Fsp3) is 0.227. The zero-order valence-electron chi connectivity index (χ0n) is 16.9. The monoisotopic (exact) mass is 423 g/mol.